The smallest absolute Gasteiger partial charge is 0.0262 e. The van der Waals surface area contributed by atoms with Crippen LogP contribution in [-0.4, -0.2) is 0 Å². The quantitative estimate of drug-likeness (QED) is 0.575. The van der Waals surface area contributed by atoms with Crippen LogP contribution in [0.5, 0.6) is 0 Å². The van der Waals surface area contributed by atoms with Crippen LogP contribution in [0.4, 0.5) is 0 Å². The van der Waals surface area contributed by atoms with Crippen LogP contribution >= 0.6 is 0 Å². The fraction of sp³-hybridized carbons (Fsp3) is 0.846. The van der Waals surface area contributed by atoms with E-state index < -0.39 is 0 Å². The summed E-state index contributed by atoms with van der Waals surface area (Å²) in [5, 5.41) is 0. The van der Waals surface area contributed by atoms with Crippen LogP contribution in [0.25, 0.3) is 0 Å². The fourth-order valence-electron chi connectivity index (χ4n) is 3.48. The first-order valence-corrected chi connectivity index (χ1v) is 5.77. The fourth-order valence-corrected chi connectivity index (χ4v) is 3.48. The molecule has 0 saturated heterocycles. The molecule has 5 unspecified atom stereocenters. The van der Waals surface area contributed by atoms with Crippen molar-refractivity contribution in [3.63, 3.8) is 0 Å². The highest BCUT2D eigenvalue weighted by molar-refractivity contribution is 5.11. The molecule has 0 aliphatic heterocycles. The predicted molar refractivity (Wildman–Crippen MR) is 57.4 cm³/mol. The molecule has 2 aliphatic rings. The summed E-state index contributed by atoms with van der Waals surface area (Å²) < 4.78 is 0. The standard InChI is InChI=1S/C13H22/c1-5-9(4)6-10-7-11-12(8(2)3)13(10)11/h5,8-13H,1,6-7H2,2-4H3. The van der Waals surface area contributed by atoms with Crippen LogP contribution in [0.2, 0.25) is 0 Å². The number of hydrogen-bond acceptors (Lipinski definition) is 0. The lowest BCUT2D eigenvalue weighted by Crippen LogP contribution is -2.17. The van der Waals surface area contributed by atoms with E-state index in [0.717, 1.165) is 35.5 Å². The first-order valence-electron chi connectivity index (χ1n) is 5.77. The van der Waals surface area contributed by atoms with Crippen molar-refractivity contribution in [1.29, 1.82) is 0 Å². The summed E-state index contributed by atoms with van der Waals surface area (Å²) in [6, 6.07) is 0. The minimum atomic E-state index is 0.736. The van der Waals surface area contributed by atoms with Gasteiger partial charge in [0.2, 0.25) is 0 Å². The van der Waals surface area contributed by atoms with E-state index in [1.54, 1.807) is 0 Å². The van der Waals surface area contributed by atoms with Gasteiger partial charge >= 0.3 is 0 Å². The van der Waals surface area contributed by atoms with Crippen molar-refractivity contribution in [2.45, 2.75) is 33.6 Å². The lowest BCUT2D eigenvalue weighted by molar-refractivity contribution is 0.249. The van der Waals surface area contributed by atoms with Crippen molar-refractivity contribution in [1.82, 2.24) is 0 Å². The Balaban J connectivity index is 1.79. The van der Waals surface area contributed by atoms with Crippen molar-refractivity contribution in [3.05, 3.63) is 12.7 Å². The van der Waals surface area contributed by atoms with E-state index in [0.29, 0.717) is 0 Å². The highest BCUT2D eigenvalue weighted by Gasteiger charge is 2.62. The molecule has 2 rings (SSSR count). The van der Waals surface area contributed by atoms with Gasteiger partial charge in [-0.1, -0.05) is 26.8 Å². The molecule has 0 aromatic rings. The molecule has 0 aromatic carbocycles. The second-order valence-corrected chi connectivity index (χ2v) is 5.51. The molecular weight excluding hydrogens is 156 g/mol. The van der Waals surface area contributed by atoms with E-state index in [9.17, 15) is 0 Å². The van der Waals surface area contributed by atoms with Crippen LogP contribution in [0, 0.1) is 35.5 Å². The van der Waals surface area contributed by atoms with Gasteiger partial charge in [0, 0.05) is 0 Å². The molecule has 2 aliphatic carbocycles. The third-order valence-electron chi connectivity index (χ3n) is 4.26. The second kappa shape index (κ2) is 3.15. The molecule has 2 saturated carbocycles. The summed E-state index contributed by atoms with van der Waals surface area (Å²) >= 11 is 0. The molecule has 0 radical (unpaired) electrons. The Morgan fingerprint density at radius 3 is 2.54 bits per heavy atom. The zero-order valence-corrected chi connectivity index (χ0v) is 9.16. The van der Waals surface area contributed by atoms with Crippen LogP contribution in [0.1, 0.15) is 33.6 Å². The Kier molecular flexibility index (Phi) is 2.25. The minimum absolute atomic E-state index is 0.736. The van der Waals surface area contributed by atoms with Gasteiger partial charge in [-0.15, -0.1) is 6.58 Å². The Labute approximate surface area is 82.4 Å². The van der Waals surface area contributed by atoms with E-state index >= 15 is 0 Å². The Morgan fingerprint density at radius 2 is 2.08 bits per heavy atom. The van der Waals surface area contributed by atoms with Crippen LogP contribution in [-0.2, 0) is 0 Å². The molecule has 13 heavy (non-hydrogen) atoms. The molecule has 2 fully saturated rings. The number of rotatable bonds is 4. The largest absolute Gasteiger partial charge is 0.103 e. The highest BCUT2D eigenvalue weighted by atomic mass is 14.7. The van der Waals surface area contributed by atoms with Crippen molar-refractivity contribution in [2.75, 3.05) is 0 Å². The molecule has 5 atom stereocenters. The Hall–Kier alpha value is -0.260. The van der Waals surface area contributed by atoms with Gasteiger partial charge in [0.15, 0.2) is 0 Å². The summed E-state index contributed by atoms with van der Waals surface area (Å²) in [7, 11) is 0. The summed E-state index contributed by atoms with van der Waals surface area (Å²) in [6.07, 6.45) is 5.03. The van der Waals surface area contributed by atoms with Gasteiger partial charge in [-0.25, -0.2) is 0 Å². The minimum Gasteiger partial charge on any atom is -0.103 e. The molecule has 0 bridgehead atoms. The van der Waals surface area contributed by atoms with E-state index in [2.05, 4.69) is 33.4 Å². The van der Waals surface area contributed by atoms with Crippen LogP contribution in [0.15, 0.2) is 12.7 Å². The second-order valence-electron chi connectivity index (χ2n) is 5.51. The highest BCUT2D eigenvalue weighted by Crippen LogP contribution is 2.68. The van der Waals surface area contributed by atoms with Crippen molar-refractivity contribution >= 4 is 0 Å². The first-order chi connectivity index (χ1) is 6.15. The van der Waals surface area contributed by atoms with Crippen molar-refractivity contribution in [3.8, 4) is 0 Å². The van der Waals surface area contributed by atoms with Crippen LogP contribution in [0.3, 0.4) is 0 Å². The summed E-state index contributed by atoms with van der Waals surface area (Å²) in [5.74, 6) is 6.04. The predicted octanol–water partition coefficient (Wildman–Crippen LogP) is 3.74. The first kappa shape index (κ1) is 9.30. The zero-order valence-electron chi connectivity index (χ0n) is 9.16. The van der Waals surface area contributed by atoms with Gasteiger partial charge in [0.1, 0.15) is 0 Å². The molecule has 74 valence electrons. The summed E-state index contributed by atoms with van der Waals surface area (Å²) in [4.78, 5) is 0. The van der Waals surface area contributed by atoms with Gasteiger partial charge in [-0.3, -0.25) is 0 Å². The SMILES string of the molecule is C=CC(C)CC1CC2C(C(C)C)C12. The average molecular weight is 178 g/mol. The summed E-state index contributed by atoms with van der Waals surface area (Å²) in [6.45, 7) is 10.9. The van der Waals surface area contributed by atoms with E-state index in [1.165, 1.54) is 12.8 Å². The van der Waals surface area contributed by atoms with E-state index in [1.807, 2.05) is 0 Å². The third kappa shape index (κ3) is 1.45. The molecular formula is C13H22. The monoisotopic (exact) mass is 178 g/mol. The average Bonchev–Trinajstić information content (AvgIpc) is 2.67. The molecule has 0 spiro atoms. The zero-order chi connectivity index (χ0) is 9.59. The Morgan fingerprint density at radius 1 is 1.38 bits per heavy atom. The van der Waals surface area contributed by atoms with Gasteiger partial charge in [0.25, 0.3) is 0 Å². The maximum atomic E-state index is 3.86. The van der Waals surface area contributed by atoms with E-state index in [-0.39, 0.29) is 0 Å². The number of allylic oxidation sites excluding steroid dienone is 1. The normalized spacial score (nSPS) is 43.7. The molecule has 0 amide bonds. The maximum Gasteiger partial charge on any atom is -0.0262 e. The summed E-state index contributed by atoms with van der Waals surface area (Å²) in [5.41, 5.74) is 0. The van der Waals surface area contributed by atoms with E-state index in [4.69, 9.17) is 0 Å². The molecule has 0 N–H and O–H groups in total. The molecule has 0 nitrogen and oxygen atoms in total. The molecule has 0 heteroatoms. The Bertz CT molecular complexity index is 204. The lowest BCUT2D eigenvalue weighted by Gasteiger charge is -2.26. The van der Waals surface area contributed by atoms with Crippen molar-refractivity contribution < 1.29 is 0 Å². The molecule has 0 heterocycles. The third-order valence-corrected chi connectivity index (χ3v) is 4.26. The van der Waals surface area contributed by atoms with Gasteiger partial charge < -0.3 is 0 Å². The topological polar surface area (TPSA) is 0 Å². The maximum absolute atomic E-state index is 3.86. The number of fused-ring (bicyclic) bond motifs is 1. The van der Waals surface area contributed by atoms with Crippen LogP contribution < -0.4 is 0 Å². The van der Waals surface area contributed by atoms with Gasteiger partial charge in [-0.2, -0.15) is 0 Å². The van der Waals surface area contributed by atoms with Gasteiger partial charge in [-0.05, 0) is 48.3 Å². The van der Waals surface area contributed by atoms with Gasteiger partial charge in [0.05, 0.1) is 0 Å². The van der Waals surface area contributed by atoms with Crippen molar-refractivity contribution in [2.24, 2.45) is 35.5 Å². The number of hydrogen-bond donors (Lipinski definition) is 0. The lowest BCUT2D eigenvalue weighted by atomic mass is 9.79. The molecule has 0 aromatic heterocycles.